The van der Waals surface area contributed by atoms with Crippen molar-refractivity contribution >= 4 is 28.7 Å². The number of nitrogens with zero attached hydrogens (tertiary/aromatic N) is 2. The number of anilines is 1. The van der Waals surface area contributed by atoms with E-state index in [0.29, 0.717) is 22.7 Å². The van der Waals surface area contributed by atoms with Gasteiger partial charge in [0.25, 0.3) is 0 Å². The highest BCUT2D eigenvalue weighted by Crippen LogP contribution is 2.29. The number of aryl methyl sites for hydroxylation is 1. The van der Waals surface area contributed by atoms with Crippen LogP contribution in [0.2, 0.25) is 0 Å². The van der Waals surface area contributed by atoms with Gasteiger partial charge in [-0.25, -0.2) is 14.6 Å². The van der Waals surface area contributed by atoms with Crippen LogP contribution in [-0.4, -0.2) is 44.5 Å². The number of carbonyl (C=O) groups excluding carboxylic acids is 2. The molecule has 138 valence electrons. The van der Waals surface area contributed by atoms with Crippen LogP contribution in [0.4, 0.5) is 5.69 Å². The second-order valence-electron chi connectivity index (χ2n) is 5.73. The number of hydrogen-bond acceptors (Lipinski definition) is 8. The Bertz CT molecular complexity index is 870. The summed E-state index contributed by atoms with van der Waals surface area (Å²) in [6, 6.07) is 5.33. The molecule has 0 bridgehead atoms. The van der Waals surface area contributed by atoms with Crippen LogP contribution in [0.15, 0.2) is 33.9 Å². The van der Waals surface area contributed by atoms with Crippen LogP contribution >= 0.6 is 0 Å². The molecular weight excluding hydrogens is 340 g/mol. The lowest BCUT2D eigenvalue weighted by Gasteiger charge is -2.31. The first kappa shape index (κ1) is 17.9. The van der Waals surface area contributed by atoms with Crippen molar-refractivity contribution in [2.24, 2.45) is 0 Å². The molecule has 0 fully saturated rings. The van der Waals surface area contributed by atoms with Crippen LogP contribution in [0, 0.1) is 0 Å². The molecule has 1 aromatic carbocycles. The molecular formula is C18H20N2O6. The maximum atomic E-state index is 12.3. The molecule has 0 radical (unpaired) electrons. The van der Waals surface area contributed by atoms with Gasteiger partial charge in [0.05, 0.1) is 26.4 Å². The molecule has 0 saturated heterocycles. The van der Waals surface area contributed by atoms with E-state index in [4.69, 9.17) is 18.6 Å². The largest absolute Gasteiger partial charge is 0.466 e. The number of esters is 2. The van der Waals surface area contributed by atoms with Gasteiger partial charge < -0.3 is 23.5 Å². The fraction of sp³-hybridized carbons (Fsp3) is 0.389. The van der Waals surface area contributed by atoms with E-state index < -0.39 is 11.9 Å². The molecule has 1 aromatic heterocycles. The van der Waals surface area contributed by atoms with E-state index in [1.54, 1.807) is 23.1 Å². The number of oxazole rings is 1. The van der Waals surface area contributed by atoms with Gasteiger partial charge in [-0.05, 0) is 24.6 Å². The van der Waals surface area contributed by atoms with Crippen LogP contribution in [-0.2, 0) is 30.2 Å². The zero-order chi connectivity index (χ0) is 18.7. The molecule has 0 amide bonds. The Hall–Kier alpha value is -2.87. The molecule has 0 spiro atoms. The fourth-order valence-corrected chi connectivity index (χ4v) is 2.80. The third-order valence-electron chi connectivity index (χ3n) is 4.02. The van der Waals surface area contributed by atoms with Crippen molar-refractivity contribution in [2.45, 2.75) is 19.8 Å². The van der Waals surface area contributed by atoms with Gasteiger partial charge >= 0.3 is 11.9 Å². The maximum Gasteiger partial charge on any atom is 0.355 e. The van der Waals surface area contributed by atoms with Crippen LogP contribution in [0.3, 0.4) is 0 Å². The summed E-state index contributed by atoms with van der Waals surface area (Å²) < 4.78 is 20.8. The van der Waals surface area contributed by atoms with Crippen LogP contribution < -0.4 is 4.90 Å². The second kappa shape index (κ2) is 7.57. The number of hydrogen-bond donors (Lipinski definition) is 0. The second-order valence-corrected chi connectivity index (χ2v) is 5.73. The minimum absolute atomic E-state index is 0.0273. The number of carbonyl (C=O) groups is 2. The zero-order valence-corrected chi connectivity index (χ0v) is 14.9. The highest BCUT2D eigenvalue weighted by atomic mass is 16.5. The Morgan fingerprint density at radius 2 is 2.00 bits per heavy atom. The van der Waals surface area contributed by atoms with E-state index in [1.165, 1.54) is 14.2 Å². The number of methoxy groups -OCH3 is 2. The predicted molar refractivity (Wildman–Crippen MR) is 92.4 cm³/mol. The Balaban J connectivity index is 2.06. The quantitative estimate of drug-likeness (QED) is 0.749. The predicted octanol–water partition coefficient (Wildman–Crippen LogP) is 2.17. The molecule has 0 aliphatic carbocycles. The molecule has 1 aliphatic heterocycles. The third kappa shape index (κ3) is 3.28. The average Bonchev–Trinajstić information content (AvgIpc) is 3.07. The summed E-state index contributed by atoms with van der Waals surface area (Å²) in [6.07, 6.45) is 1.67. The third-order valence-corrected chi connectivity index (χ3v) is 4.02. The number of benzene rings is 1. The fourth-order valence-electron chi connectivity index (χ4n) is 2.80. The summed E-state index contributed by atoms with van der Waals surface area (Å²) >= 11 is 0. The van der Waals surface area contributed by atoms with Crippen molar-refractivity contribution < 1.29 is 28.2 Å². The van der Waals surface area contributed by atoms with Gasteiger partial charge in [-0.3, -0.25) is 0 Å². The number of fused-ring (bicyclic) bond motifs is 1. The van der Waals surface area contributed by atoms with Crippen molar-refractivity contribution in [1.82, 2.24) is 4.98 Å². The summed E-state index contributed by atoms with van der Waals surface area (Å²) in [4.78, 5) is 30.4. The SMILES string of the molecule is CCCc1nc2cc(N3COCC(C(=O)OC)=C3C(=O)OC)ccc2o1. The molecule has 3 rings (SSSR count). The minimum Gasteiger partial charge on any atom is -0.466 e. The molecule has 26 heavy (non-hydrogen) atoms. The normalized spacial score (nSPS) is 14.7. The molecule has 2 heterocycles. The van der Waals surface area contributed by atoms with Gasteiger partial charge in [0.1, 0.15) is 17.9 Å². The van der Waals surface area contributed by atoms with Crippen LogP contribution in [0.5, 0.6) is 0 Å². The van der Waals surface area contributed by atoms with Crippen LogP contribution in [0.25, 0.3) is 11.1 Å². The highest BCUT2D eigenvalue weighted by molar-refractivity contribution is 6.03. The van der Waals surface area contributed by atoms with Gasteiger partial charge in [-0.15, -0.1) is 0 Å². The van der Waals surface area contributed by atoms with E-state index in [1.807, 2.05) is 6.92 Å². The smallest absolute Gasteiger partial charge is 0.355 e. The molecule has 2 aromatic rings. The molecule has 8 nitrogen and oxygen atoms in total. The molecule has 0 atom stereocenters. The van der Waals surface area contributed by atoms with Crippen LogP contribution in [0.1, 0.15) is 19.2 Å². The maximum absolute atomic E-state index is 12.3. The lowest BCUT2D eigenvalue weighted by molar-refractivity contribution is -0.140. The summed E-state index contributed by atoms with van der Waals surface area (Å²) in [6.45, 7) is 2.11. The van der Waals surface area contributed by atoms with Crippen molar-refractivity contribution in [3.05, 3.63) is 35.4 Å². The van der Waals surface area contributed by atoms with E-state index in [0.717, 1.165) is 12.8 Å². The Morgan fingerprint density at radius 3 is 2.69 bits per heavy atom. The van der Waals surface area contributed by atoms with Gasteiger partial charge in [0.2, 0.25) is 0 Å². The molecule has 0 N–H and O–H groups in total. The molecule has 1 aliphatic rings. The lowest BCUT2D eigenvalue weighted by Crippen LogP contribution is -2.38. The molecule has 8 heteroatoms. The van der Waals surface area contributed by atoms with Gasteiger partial charge in [-0.1, -0.05) is 6.92 Å². The van der Waals surface area contributed by atoms with Gasteiger partial charge in [-0.2, -0.15) is 0 Å². The summed E-state index contributed by atoms with van der Waals surface area (Å²) in [5.41, 5.74) is 2.17. The van der Waals surface area contributed by atoms with E-state index in [2.05, 4.69) is 4.98 Å². The first-order valence-electron chi connectivity index (χ1n) is 8.23. The van der Waals surface area contributed by atoms with Crippen molar-refractivity contribution in [2.75, 3.05) is 32.5 Å². The van der Waals surface area contributed by atoms with E-state index in [9.17, 15) is 9.59 Å². The number of ether oxygens (including phenoxy) is 3. The van der Waals surface area contributed by atoms with Crippen molar-refractivity contribution in [3.8, 4) is 0 Å². The number of aromatic nitrogens is 1. The standard InChI is InChI=1S/C18H20N2O6/c1-4-5-15-19-13-8-11(6-7-14(13)26-15)20-10-25-9-12(17(21)23-2)16(20)18(22)24-3/h6-8H,4-5,9-10H2,1-3H3. The molecule has 0 saturated carbocycles. The summed E-state index contributed by atoms with van der Waals surface area (Å²) in [7, 11) is 2.51. The van der Waals surface area contributed by atoms with E-state index >= 15 is 0 Å². The Morgan fingerprint density at radius 1 is 1.23 bits per heavy atom. The van der Waals surface area contributed by atoms with Crippen molar-refractivity contribution in [1.29, 1.82) is 0 Å². The van der Waals surface area contributed by atoms with Gasteiger partial charge in [0.15, 0.2) is 11.5 Å². The highest BCUT2D eigenvalue weighted by Gasteiger charge is 2.32. The average molecular weight is 360 g/mol. The molecule has 0 unspecified atom stereocenters. The lowest BCUT2D eigenvalue weighted by atomic mass is 10.1. The Kier molecular flexibility index (Phi) is 5.22. The monoisotopic (exact) mass is 360 g/mol. The zero-order valence-electron chi connectivity index (χ0n) is 14.9. The first-order chi connectivity index (χ1) is 12.6. The first-order valence-corrected chi connectivity index (χ1v) is 8.23. The van der Waals surface area contributed by atoms with E-state index in [-0.39, 0.29) is 24.6 Å². The van der Waals surface area contributed by atoms with Crippen molar-refractivity contribution in [3.63, 3.8) is 0 Å². The summed E-state index contributed by atoms with van der Waals surface area (Å²) in [5, 5.41) is 0. The Labute approximate surface area is 150 Å². The summed E-state index contributed by atoms with van der Waals surface area (Å²) in [5.74, 6) is -0.614. The minimum atomic E-state index is -0.638. The topological polar surface area (TPSA) is 91.1 Å². The number of rotatable bonds is 5. The van der Waals surface area contributed by atoms with Gasteiger partial charge in [0, 0.05) is 12.1 Å².